The van der Waals surface area contributed by atoms with E-state index in [-0.39, 0.29) is 5.97 Å². The fraction of sp³-hybridized carbons (Fsp3) is 0.231. The van der Waals surface area contributed by atoms with Crippen LogP contribution in [0.1, 0.15) is 22.2 Å². The van der Waals surface area contributed by atoms with Crippen LogP contribution in [0.3, 0.4) is 0 Å². The van der Waals surface area contributed by atoms with Gasteiger partial charge in [-0.25, -0.2) is 9.78 Å². The number of anilines is 1. The molecule has 2 heterocycles. The monoisotopic (exact) mass is 340 g/mol. The highest BCUT2D eigenvalue weighted by atomic mass is 79.9. The molecule has 2 aromatic heterocycles. The molecule has 0 radical (unpaired) electrons. The molecule has 0 amide bonds. The number of ether oxygens (including phenoxy) is 1. The number of nitrogens with one attached hydrogen (secondary N) is 1. The molecule has 0 saturated carbocycles. The Hall–Kier alpha value is -1.40. The Morgan fingerprint density at radius 3 is 3.11 bits per heavy atom. The number of halogens is 1. The zero-order valence-electron chi connectivity index (χ0n) is 10.4. The first-order valence-electron chi connectivity index (χ1n) is 5.79. The third-order valence-corrected chi connectivity index (χ3v) is 4.05. The number of nitrogens with zero attached hydrogens (tertiary/aromatic N) is 1. The second-order valence-electron chi connectivity index (χ2n) is 3.70. The maximum atomic E-state index is 11.8. The van der Waals surface area contributed by atoms with Crippen molar-refractivity contribution in [1.82, 2.24) is 4.98 Å². The molecule has 0 aromatic carbocycles. The molecule has 0 aliphatic rings. The minimum atomic E-state index is -0.356. The second-order valence-corrected chi connectivity index (χ2v) is 5.62. The van der Waals surface area contributed by atoms with Gasteiger partial charge in [-0.05, 0) is 41.1 Å². The summed E-state index contributed by atoms with van der Waals surface area (Å²) >= 11 is 5.05. The van der Waals surface area contributed by atoms with Crippen LogP contribution in [0.2, 0.25) is 0 Å². The number of aromatic nitrogens is 1. The SMILES string of the molecule is CCOC(=O)c1cccnc1NCc1cc(Br)cs1. The third kappa shape index (κ3) is 3.78. The zero-order valence-corrected chi connectivity index (χ0v) is 12.8. The lowest BCUT2D eigenvalue weighted by atomic mass is 10.2. The molecule has 0 aliphatic heterocycles. The van der Waals surface area contributed by atoms with Crippen LogP contribution >= 0.6 is 27.3 Å². The van der Waals surface area contributed by atoms with E-state index in [1.165, 1.54) is 0 Å². The van der Waals surface area contributed by atoms with Crippen LogP contribution in [0.4, 0.5) is 5.82 Å². The largest absolute Gasteiger partial charge is 0.462 e. The highest BCUT2D eigenvalue weighted by Gasteiger charge is 2.12. The van der Waals surface area contributed by atoms with Gasteiger partial charge in [0.15, 0.2) is 0 Å². The molecule has 0 aliphatic carbocycles. The van der Waals surface area contributed by atoms with Gasteiger partial charge in [-0.15, -0.1) is 11.3 Å². The lowest BCUT2D eigenvalue weighted by Gasteiger charge is -2.09. The Labute approximate surface area is 124 Å². The van der Waals surface area contributed by atoms with E-state index in [2.05, 4.69) is 26.2 Å². The number of carbonyl (C=O) groups excluding carboxylic acids is 1. The van der Waals surface area contributed by atoms with Crippen LogP contribution in [0, 0.1) is 0 Å². The Balaban J connectivity index is 2.09. The van der Waals surface area contributed by atoms with Gasteiger partial charge in [0.05, 0.1) is 13.2 Å². The highest BCUT2D eigenvalue weighted by Crippen LogP contribution is 2.21. The molecular formula is C13H13BrN2O2S. The number of pyridine rings is 1. The van der Waals surface area contributed by atoms with Crippen LogP contribution in [-0.2, 0) is 11.3 Å². The van der Waals surface area contributed by atoms with Gasteiger partial charge in [-0.2, -0.15) is 0 Å². The molecule has 100 valence electrons. The molecule has 0 fully saturated rings. The number of hydrogen-bond acceptors (Lipinski definition) is 5. The van der Waals surface area contributed by atoms with E-state index in [9.17, 15) is 4.79 Å². The van der Waals surface area contributed by atoms with E-state index in [4.69, 9.17) is 4.74 Å². The molecule has 2 aromatic rings. The van der Waals surface area contributed by atoms with Crippen LogP contribution in [-0.4, -0.2) is 17.6 Å². The number of esters is 1. The summed E-state index contributed by atoms with van der Waals surface area (Å²) in [4.78, 5) is 17.1. The van der Waals surface area contributed by atoms with E-state index in [1.807, 2.05) is 11.4 Å². The maximum Gasteiger partial charge on any atom is 0.341 e. The Morgan fingerprint density at radius 1 is 1.58 bits per heavy atom. The standard InChI is InChI=1S/C13H13BrN2O2S/c1-2-18-13(17)11-4-3-5-15-12(11)16-7-10-6-9(14)8-19-10/h3-6,8H,2,7H2,1H3,(H,15,16). The summed E-state index contributed by atoms with van der Waals surface area (Å²) in [6.45, 7) is 2.76. The fourth-order valence-electron chi connectivity index (χ4n) is 1.54. The van der Waals surface area contributed by atoms with Gasteiger partial charge >= 0.3 is 5.97 Å². The average Bonchev–Trinajstić information content (AvgIpc) is 2.83. The summed E-state index contributed by atoms with van der Waals surface area (Å²) < 4.78 is 6.06. The summed E-state index contributed by atoms with van der Waals surface area (Å²) in [5, 5.41) is 5.18. The molecule has 0 bridgehead atoms. The number of thiophene rings is 1. The van der Waals surface area contributed by atoms with Crippen molar-refractivity contribution < 1.29 is 9.53 Å². The summed E-state index contributed by atoms with van der Waals surface area (Å²) in [6.07, 6.45) is 1.65. The summed E-state index contributed by atoms with van der Waals surface area (Å²) in [7, 11) is 0. The Morgan fingerprint density at radius 2 is 2.42 bits per heavy atom. The summed E-state index contributed by atoms with van der Waals surface area (Å²) in [5.41, 5.74) is 0.458. The fourth-order valence-corrected chi connectivity index (χ4v) is 2.93. The number of hydrogen-bond donors (Lipinski definition) is 1. The molecule has 6 heteroatoms. The summed E-state index contributed by atoms with van der Waals surface area (Å²) in [5.74, 6) is 0.191. The van der Waals surface area contributed by atoms with E-state index in [1.54, 1.807) is 36.6 Å². The second kappa shape index (κ2) is 6.68. The smallest absolute Gasteiger partial charge is 0.341 e. The molecule has 0 spiro atoms. The van der Waals surface area contributed by atoms with Crippen molar-refractivity contribution in [1.29, 1.82) is 0 Å². The van der Waals surface area contributed by atoms with Gasteiger partial charge < -0.3 is 10.1 Å². The zero-order chi connectivity index (χ0) is 13.7. The average molecular weight is 341 g/mol. The van der Waals surface area contributed by atoms with Gasteiger partial charge in [-0.1, -0.05) is 0 Å². The van der Waals surface area contributed by atoms with Gasteiger partial charge in [0, 0.05) is 20.9 Å². The van der Waals surface area contributed by atoms with E-state index in [0.717, 1.165) is 9.35 Å². The third-order valence-electron chi connectivity index (χ3n) is 2.35. The lowest BCUT2D eigenvalue weighted by molar-refractivity contribution is 0.0527. The minimum Gasteiger partial charge on any atom is -0.462 e. The normalized spacial score (nSPS) is 10.2. The topological polar surface area (TPSA) is 51.2 Å². The van der Waals surface area contributed by atoms with Crippen molar-refractivity contribution in [3.8, 4) is 0 Å². The number of rotatable bonds is 5. The molecule has 2 rings (SSSR count). The highest BCUT2D eigenvalue weighted by molar-refractivity contribution is 9.10. The van der Waals surface area contributed by atoms with Gasteiger partial charge in [-0.3, -0.25) is 0 Å². The predicted molar refractivity (Wildman–Crippen MR) is 79.5 cm³/mol. The Bertz CT molecular complexity index is 571. The van der Waals surface area contributed by atoms with Crippen LogP contribution in [0.5, 0.6) is 0 Å². The lowest BCUT2D eigenvalue weighted by Crippen LogP contribution is -2.10. The van der Waals surface area contributed by atoms with Crippen molar-refractivity contribution in [3.05, 3.63) is 44.7 Å². The first-order valence-corrected chi connectivity index (χ1v) is 7.47. The van der Waals surface area contributed by atoms with Crippen molar-refractivity contribution in [2.75, 3.05) is 11.9 Å². The first-order chi connectivity index (χ1) is 9.20. The van der Waals surface area contributed by atoms with Crippen molar-refractivity contribution >= 4 is 39.1 Å². The van der Waals surface area contributed by atoms with Gasteiger partial charge in [0.1, 0.15) is 11.4 Å². The molecule has 0 saturated heterocycles. The van der Waals surface area contributed by atoms with Crippen LogP contribution in [0.25, 0.3) is 0 Å². The predicted octanol–water partition coefficient (Wildman–Crippen LogP) is 3.69. The minimum absolute atomic E-state index is 0.352. The van der Waals surface area contributed by atoms with Crippen molar-refractivity contribution in [2.24, 2.45) is 0 Å². The molecule has 0 atom stereocenters. The van der Waals surface area contributed by atoms with Crippen molar-refractivity contribution in [2.45, 2.75) is 13.5 Å². The number of carbonyl (C=O) groups is 1. The molecule has 4 nitrogen and oxygen atoms in total. The van der Waals surface area contributed by atoms with E-state index in [0.29, 0.717) is 24.5 Å². The Kier molecular flexibility index (Phi) is 4.93. The molecule has 1 N–H and O–H groups in total. The van der Waals surface area contributed by atoms with E-state index < -0.39 is 0 Å². The molecule has 19 heavy (non-hydrogen) atoms. The van der Waals surface area contributed by atoms with Gasteiger partial charge in [0.2, 0.25) is 0 Å². The molecular weight excluding hydrogens is 328 g/mol. The molecule has 0 unspecified atom stereocenters. The van der Waals surface area contributed by atoms with Crippen molar-refractivity contribution in [3.63, 3.8) is 0 Å². The van der Waals surface area contributed by atoms with Gasteiger partial charge in [0.25, 0.3) is 0 Å². The quantitative estimate of drug-likeness (QED) is 0.843. The summed E-state index contributed by atoms with van der Waals surface area (Å²) in [6, 6.07) is 5.46. The first kappa shape index (κ1) is 14.0. The van der Waals surface area contributed by atoms with E-state index >= 15 is 0 Å². The van der Waals surface area contributed by atoms with Crippen LogP contribution < -0.4 is 5.32 Å². The maximum absolute atomic E-state index is 11.8. The van der Waals surface area contributed by atoms with Crippen LogP contribution in [0.15, 0.2) is 34.2 Å².